The lowest BCUT2D eigenvalue weighted by molar-refractivity contribution is -0.122. The Balaban J connectivity index is 2.77. The first-order valence-corrected chi connectivity index (χ1v) is 5.96. The van der Waals surface area contributed by atoms with E-state index in [0.717, 1.165) is 5.56 Å². The van der Waals surface area contributed by atoms with Gasteiger partial charge >= 0.3 is 0 Å². The van der Waals surface area contributed by atoms with E-state index in [2.05, 4.69) is 0 Å². The number of nitrogens with two attached hydrogens (primary N) is 2. The van der Waals surface area contributed by atoms with Crippen molar-refractivity contribution in [2.24, 2.45) is 17.4 Å². The molecule has 0 aliphatic rings. The van der Waals surface area contributed by atoms with E-state index in [4.69, 9.17) is 20.9 Å². The van der Waals surface area contributed by atoms with Crippen LogP contribution in [0.1, 0.15) is 19.4 Å². The standard InChI is InChI=1S/C13H20N2O3/c1-3-17-12-6-10(7-14)4-5-11(12)18-8-9(2)13(15)16/h4-6,9H,3,7-8,14H2,1-2H3,(H2,15,16). The molecule has 1 amide bonds. The molecule has 1 unspecified atom stereocenters. The molecule has 1 atom stereocenters. The van der Waals surface area contributed by atoms with Crippen molar-refractivity contribution < 1.29 is 14.3 Å². The molecule has 18 heavy (non-hydrogen) atoms. The van der Waals surface area contributed by atoms with E-state index in [0.29, 0.717) is 24.7 Å². The summed E-state index contributed by atoms with van der Waals surface area (Å²) in [5.74, 6) is 0.513. The smallest absolute Gasteiger partial charge is 0.223 e. The molecule has 0 saturated heterocycles. The predicted molar refractivity (Wildman–Crippen MR) is 69.4 cm³/mol. The predicted octanol–water partition coefficient (Wildman–Crippen LogP) is 1.04. The van der Waals surface area contributed by atoms with Crippen molar-refractivity contribution >= 4 is 5.91 Å². The lowest BCUT2D eigenvalue weighted by Gasteiger charge is -2.14. The van der Waals surface area contributed by atoms with Crippen LogP contribution in [0.2, 0.25) is 0 Å². The zero-order chi connectivity index (χ0) is 13.5. The van der Waals surface area contributed by atoms with Crippen molar-refractivity contribution in [3.63, 3.8) is 0 Å². The number of benzene rings is 1. The third-order valence-corrected chi connectivity index (χ3v) is 2.52. The van der Waals surface area contributed by atoms with Gasteiger partial charge in [-0.1, -0.05) is 13.0 Å². The number of hydrogen-bond donors (Lipinski definition) is 2. The molecule has 1 aromatic carbocycles. The van der Waals surface area contributed by atoms with Gasteiger partial charge in [-0.05, 0) is 24.6 Å². The van der Waals surface area contributed by atoms with E-state index in [1.165, 1.54) is 0 Å². The van der Waals surface area contributed by atoms with E-state index < -0.39 is 0 Å². The first-order chi connectivity index (χ1) is 8.58. The Morgan fingerprint density at radius 2 is 2.06 bits per heavy atom. The molecule has 100 valence electrons. The summed E-state index contributed by atoms with van der Waals surface area (Å²) in [5, 5.41) is 0. The largest absolute Gasteiger partial charge is 0.490 e. The second kappa shape index (κ2) is 6.86. The number of carbonyl (C=O) groups excluding carboxylic acids is 1. The molecule has 5 nitrogen and oxygen atoms in total. The van der Waals surface area contributed by atoms with Crippen LogP contribution in [0.3, 0.4) is 0 Å². The van der Waals surface area contributed by atoms with Gasteiger partial charge in [-0.3, -0.25) is 4.79 Å². The van der Waals surface area contributed by atoms with Crippen LogP contribution in [0.25, 0.3) is 0 Å². The second-order valence-electron chi connectivity index (χ2n) is 4.03. The maximum atomic E-state index is 10.9. The van der Waals surface area contributed by atoms with E-state index in [1.807, 2.05) is 19.1 Å². The Kier molecular flexibility index (Phi) is 5.45. The molecule has 0 saturated carbocycles. The zero-order valence-corrected chi connectivity index (χ0v) is 10.8. The van der Waals surface area contributed by atoms with Crippen LogP contribution >= 0.6 is 0 Å². The molecule has 0 fully saturated rings. The van der Waals surface area contributed by atoms with Gasteiger partial charge in [-0.25, -0.2) is 0 Å². The van der Waals surface area contributed by atoms with Crippen molar-refractivity contribution in [2.45, 2.75) is 20.4 Å². The maximum absolute atomic E-state index is 10.9. The highest BCUT2D eigenvalue weighted by atomic mass is 16.5. The Labute approximate surface area is 107 Å². The highest BCUT2D eigenvalue weighted by Gasteiger charge is 2.12. The van der Waals surface area contributed by atoms with Crippen LogP contribution < -0.4 is 20.9 Å². The van der Waals surface area contributed by atoms with Gasteiger partial charge in [0, 0.05) is 6.54 Å². The van der Waals surface area contributed by atoms with Gasteiger partial charge in [0.2, 0.25) is 5.91 Å². The van der Waals surface area contributed by atoms with Crippen LogP contribution in [0.4, 0.5) is 0 Å². The fourth-order valence-corrected chi connectivity index (χ4v) is 1.36. The number of primary amides is 1. The van der Waals surface area contributed by atoms with E-state index >= 15 is 0 Å². The highest BCUT2D eigenvalue weighted by molar-refractivity contribution is 5.76. The van der Waals surface area contributed by atoms with E-state index in [1.54, 1.807) is 13.0 Å². The van der Waals surface area contributed by atoms with Crippen LogP contribution in [-0.4, -0.2) is 19.1 Å². The minimum Gasteiger partial charge on any atom is -0.490 e. The SMILES string of the molecule is CCOc1cc(CN)ccc1OCC(C)C(N)=O. The second-order valence-corrected chi connectivity index (χ2v) is 4.03. The van der Waals surface area contributed by atoms with Crippen molar-refractivity contribution in [3.8, 4) is 11.5 Å². The minimum atomic E-state index is -0.383. The van der Waals surface area contributed by atoms with Gasteiger partial charge in [-0.15, -0.1) is 0 Å². The van der Waals surface area contributed by atoms with Crippen molar-refractivity contribution in [3.05, 3.63) is 23.8 Å². The van der Waals surface area contributed by atoms with Crippen LogP contribution in [0.15, 0.2) is 18.2 Å². The van der Waals surface area contributed by atoms with Crippen LogP contribution in [0, 0.1) is 5.92 Å². The van der Waals surface area contributed by atoms with Gasteiger partial charge in [0.15, 0.2) is 11.5 Å². The van der Waals surface area contributed by atoms with Crippen molar-refractivity contribution in [1.29, 1.82) is 0 Å². The molecule has 4 N–H and O–H groups in total. The Morgan fingerprint density at radius 3 is 2.61 bits per heavy atom. The highest BCUT2D eigenvalue weighted by Crippen LogP contribution is 2.28. The van der Waals surface area contributed by atoms with Crippen LogP contribution in [0.5, 0.6) is 11.5 Å². The zero-order valence-electron chi connectivity index (χ0n) is 10.8. The van der Waals surface area contributed by atoms with Gasteiger partial charge in [-0.2, -0.15) is 0 Å². The molecule has 5 heteroatoms. The maximum Gasteiger partial charge on any atom is 0.223 e. The first kappa shape index (κ1) is 14.3. The van der Waals surface area contributed by atoms with Gasteiger partial charge < -0.3 is 20.9 Å². The summed E-state index contributed by atoms with van der Waals surface area (Å²) in [6.07, 6.45) is 0. The number of ether oxygens (including phenoxy) is 2. The molecular formula is C13H20N2O3. The topological polar surface area (TPSA) is 87.6 Å². The molecule has 1 aromatic rings. The third kappa shape index (κ3) is 3.92. The lowest BCUT2D eigenvalue weighted by atomic mass is 10.2. The monoisotopic (exact) mass is 252 g/mol. The Bertz CT molecular complexity index is 407. The molecular weight excluding hydrogens is 232 g/mol. The summed E-state index contributed by atoms with van der Waals surface area (Å²) in [6, 6.07) is 5.50. The minimum absolute atomic E-state index is 0.234. The molecule has 0 aromatic heterocycles. The third-order valence-electron chi connectivity index (χ3n) is 2.52. The average molecular weight is 252 g/mol. The van der Waals surface area contributed by atoms with Gasteiger partial charge in [0.05, 0.1) is 19.1 Å². The number of carbonyl (C=O) groups is 1. The molecule has 0 aliphatic heterocycles. The fraction of sp³-hybridized carbons (Fsp3) is 0.462. The van der Waals surface area contributed by atoms with Crippen molar-refractivity contribution in [1.82, 2.24) is 0 Å². The van der Waals surface area contributed by atoms with Crippen molar-refractivity contribution in [2.75, 3.05) is 13.2 Å². The summed E-state index contributed by atoms with van der Waals surface area (Å²) in [6.45, 7) is 4.83. The fourth-order valence-electron chi connectivity index (χ4n) is 1.36. The summed E-state index contributed by atoms with van der Waals surface area (Å²) in [5.41, 5.74) is 11.7. The molecule has 0 radical (unpaired) electrons. The normalized spacial score (nSPS) is 11.9. The summed E-state index contributed by atoms with van der Waals surface area (Å²) in [7, 11) is 0. The molecule has 0 aliphatic carbocycles. The quantitative estimate of drug-likeness (QED) is 0.759. The van der Waals surface area contributed by atoms with E-state index in [9.17, 15) is 4.79 Å². The van der Waals surface area contributed by atoms with Crippen LogP contribution in [-0.2, 0) is 11.3 Å². The number of rotatable bonds is 7. The average Bonchev–Trinajstić information content (AvgIpc) is 2.36. The number of hydrogen-bond acceptors (Lipinski definition) is 4. The van der Waals surface area contributed by atoms with Gasteiger partial charge in [0.1, 0.15) is 0 Å². The Morgan fingerprint density at radius 1 is 1.33 bits per heavy atom. The summed E-state index contributed by atoms with van der Waals surface area (Å²) >= 11 is 0. The Hall–Kier alpha value is -1.75. The molecule has 1 rings (SSSR count). The molecule has 0 spiro atoms. The summed E-state index contributed by atoms with van der Waals surface area (Å²) < 4.78 is 11.0. The van der Waals surface area contributed by atoms with Gasteiger partial charge in [0.25, 0.3) is 0 Å². The molecule has 0 bridgehead atoms. The number of amides is 1. The van der Waals surface area contributed by atoms with E-state index in [-0.39, 0.29) is 18.4 Å². The summed E-state index contributed by atoms with van der Waals surface area (Å²) in [4.78, 5) is 10.9. The first-order valence-electron chi connectivity index (χ1n) is 5.96. The molecule has 0 heterocycles. The lowest BCUT2D eigenvalue weighted by Crippen LogP contribution is -2.25.